The smallest absolute Gasteiger partial charge is 0.0920 e. The second-order valence-electron chi connectivity index (χ2n) is 13.2. The van der Waals surface area contributed by atoms with Crippen molar-refractivity contribution in [2.45, 2.75) is 205 Å². The highest BCUT2D eigenvalue weighted by atomic mass is 16.5. The van der Waals surface area contributed by atoms with Crippen LogP contribution in [0.1, 0.15) is 194 Å². The fourth-order valence-electron chi connectivity index (χ4n) is 5.89. The van der Waals surface area contributed by atoms with Crippen LogP contribution in [0.3, 0.4) is 0 Å². The summed E-state index contributed by atoms with van der Waals surface area (Å²) >= 11 is 0. The first-order chi connectivity index (χ1) is 20.6. The van der Waals surface area contributed by atoms with Gasteiger partial charge >= 0.3 is 0 Å². The van der Waals surface area contributed by atoms with Gasteiger partial charge in [-0.3, -0.25) is 0 Å². The van der Waals surface area contributed by atoms with Crippen molar-refractivity contribution in [3.05, 3.63) is 0 Å². The van der Waals surface area contributed by atoms with Crippen molar-refractivity contribution in [3.8, 4) is 0 Å². The molecular formula is C37H78N2O3. The van der Waals surface area contributed by atoms with E-state index in [2.05, 4.69) is 13.8 Å². The van der Waals surface area contributed by atoms with E-state index in [-0.39, 0.29) is 12.6 Å². The maximum atomic E-state index is 11.0. The van der Waals surface area contributed by atoms with Gasteiger partial charge in [-0.15, -0.1) is 0 Å². The number of unbranched alkanes of at least 4 members (excludes halogenated alkanes) is 22. The molecule has 0 saturated heterocycles. The molecule has 5 nitrogen and oxygen atoms in total. The Bertz CT molecular complexity index is 507. The molecule has 0 heterocycles. The SMILES string of the molecule is CCCCCCCCCCCCCCOCCCC(N)C(O)(CN)CCCOCCCCCCCCCCCCCC. The minimum absolute atomic E-state index is 0.201. The van der Waals surface area contributed by atoms with Gasteiger partial charge in [0.05, 0.1) is 5.60 Å². The summed E-state index contributed by atoms with van der Waals surface area (Å²) in [5.41, 5.74) is 11.3. The molecule has 42 heavy (non-hydrogen) atoms. The predicted molar refractivity (Wildman–Crippen MR) is 184 cm³/mol. The monoisotopic (exact) mass is 599 g/mol. The van der Waals surface area contributed by atoms with E-state index in [0.717, 1.165) is 45.3 Å². The van der Waals surface area contributed by atoms with Crippen LogP contribution in [0.25, 0.3) is 0 Å². The van der Waals surface area contributed by atoms with Crippen molar-refractivity contribution < 1.29 is 14.6 Å². The van der Waals surface area contributed by atoms with Gasteiger partial charge < -0.3 is 26.0 Å². The lowest BCUT2D eigenvalue weighted by Crippen LogP contribution is -2.53. The van der Waals surface area contributed by atoms with Gasteiger partial charge in [-0.05, 0) is 38.5 Å². The molecule has 0 aromatic rings. The minimum atomic E-state index is -1.01. The van der Waals surface area contributed by atoms with Gasteiger partial charge in [-0.1, -0.05) is 155 Å². The molecule has 0 bridgehead atoms. The van der Waals surface area contributed by atoms with E-state index in [9.17, 15) is 5.11 Å². The van der Waals surface area contributed by atoms with Crippen LogP contribution in [0.5, 0.6) is 0 Å². The molecule has 0 aromatic carbocycles. The maximum absolute atomic E-state index is 11.0. The summed E-state index contributed by atoms with van der Waals surface area (Å²) in [7, 11) is 0. The molecule has 0 rings (SSSR count). The normalized spacial score (nSPS) is 13.9. The topological polar surface area (TPSA) is 90.7 Å². The standard InChI is InChI=1S/C37H78N2O3/c1-3-5-7-9-11-13-15-17-19-21-23-25-31-41-33-27-29-36(39)37(40,35-38)30-28-34-42-32-26-24-22-20-18-16-14-12-10-8-6-4-2/h36,40H,3-35,38-39H2,1-2H3. The van der Waals surface area contributed by atoms with Crippen LogP contribution in [0, 0.1) is 0 Å². The van der Waals surface area contributed by atoms with Gasteiger partial charge in [0.1, 0.15) is 0 Å². The quantitative estimate of drug-likeness (QED) is 0.0624. The Kier molecular flexibility index (Phi) is 33.5. The maximum Gasteiger partial charge on any atom is 0.0920 e. The Labute approximate surface area is 264 Å². The molecule has 5 heteroatoms. The van der Waals surface area contributed by atoms with Gasteiger partial charge in [-0.25, -0.2) is 0 Å². The van der Waals surface area contributed by atoms with Gasteiger partial charge in [0, 0.05) is 39.0 Å². The largest absolute Gasteiger partial charge is 0.387 e. The van der Waals surface area contributed by atoms with E-state index in [1.54, 1.807) is 0 Å². The number of hydrogen-bond acceptors (Lipinski definition) is 5. The highest BCUT2D eigenvalue weighted by Gasteiger charge is 2.31. The third-order valence-electron chi connectivity index (χ3n) is 9.03. The summed E-state index contributed by atoms with van der Waals surface area (Å²) in [5, 5.41) is 11.0. The zero-order chi connectivity index (χ0) is 30.8. The van der Waals surface area contributed by atoms with Crippen LogP contribution in [-0.2, 0) is 9.47 Å². The number of hydrogen-bond donors (Lipinski definition) is 3. The van der Waals surface area contributed by atoms with Gasteiger partial charge in [-0.2, -0.15) is 0 Å². The molecule has 0 aliphatic rings. The van der Waals surface area contributed by atoms with E-state index < -0.39 is 5.60 Å². The third-order valence-corrected chi connectivity index (χ3v) is 9.03. The third kappa shape index (κ3) is 28.6. The lowest BCUT2D eigenvalue weighted by Gasteiger charge is -2.33. The first-order valence-electron chi connectivity index (χ1n) is 18.9. The number of ether oxygens (including phenoxy) is 2. The van der Waals surface area contributed by atoms with Crippen LogP contribution in [0.4, 0.5) is 0 Å². The molecule has 254 valence electrons. The fraction of sp³-hybridized carbons (Fsp3) is 1.00. The molecule has 0 aromatic heterocycles. The van der Waals surface area contributed by atoms with Crippen LogP contribution in [0.2, 0.25) is 0 Å². The Morgan fingerprint density at radius 3 is 1.14 bits per heavy atom. The van der Waals surface area contributed by atoms with Crippen molar-refractivity contribution in [2.75, 3.05) is 33.0 Å². The van der Waals surface area contributed by atoms with Crippen molar-refractivity contribution in [2.24, 2.45) is 11.5 Å². The average molecular weight is 599 g/mol. The summed E-state index contributed by atoms with van der Waals surface area (Å²) in [6.45, 7) is 7.81. The first-order valence-corrected chi connectivity index (χ1v) is 18.9. The highest BCUT2D eigenvalue weighted by molar-refractivity contribution is 4.90. The minimum Gasteiger partial charge on any atom is -0.387 e. The van der Waals surface area contributed by atoms with Gasteiger partial charge in [0.25, 0.3) is 0 Å². The Hall–Kier alpha value is -0.200. The summed E-state index contributed by atoms with van der Waals surface area (Å²) in [5.74, 6) is 0. The van der Waals surface area contributed by atoms with Gasteiger partial charge in [0.15, 0.2) is 0 Å². The van der Waals surface area contributed by atoms with Crippen LogP contribution in [-0.4, -0.2) is 49.7 Å². The lowest BCUT2D eigenvalue weighted by molar-refractivity contribution is -0.00105. The molecule has 2 unspecified atom stereocenters. The zero-order valence-electron chi connectivity index (χ0n) is 28.8. The summed E-state index contributed by atoms with van der Waals surface area (Å²) in [6, 6.07) is -0.311. The number of nitrogens with two attached hydrogens (primary N) is 2. The Morgan fingerprint density at radius 2 is 0.786 bits per heavy atom. The molecule has 0 amide bonds. The molecule has 0 spiro atoms. The summed E-state index contributed by atoms with van der Waals surface area (Å²) < 4.78 is 11.7. The second kappa shape index (κ2) is 33.7. The van der Waals surface area contributed by atoms with E-state index in [1.807, 2.05) is 0 Å². The van der Waals surface area contributed by atoms with Gasteiger partial charge in [0.2, 0.25) is 0 Å². The molecule has 0 radical (unpaired) electrons. The van der Waals surface area contributed by atoms with E-state index in [4.69, 9.17) is 20.9 Å². The zero-order valence-corrected chi connectivity index (χ0v) is 28.8. The molecule has 2 atom stereocenters. The fourth-order valence-corrected chi connectivity index (χ4v) is 5.89. The van der Waals surface area contributed by atoms with E-state index in [0.29, 0.717) is 19.6 Å². The van der Waals surface area contributed by atoms with Crippen LogP contribution in [0.15, 0.2) is 0 Å². The predicted octanol–water partition coefficient (Wildman–Crippen LogP) is 10.00. The first kappa shape index (κ1) is 41.8. The number of rotatable bonds is 36. The van der Waals surface area contributed by atoms with Crippen molar-refractivity contribution >= 4 is 0 Å². The molecule has 0 saturated carbocycles. The lowest BCUT2D eigenvalue weighted by atomic mass is 9.87. The van der Waals surface area contributed by atoms with E-state index >= 15 is 0 Å². The molecule has 0 fully saturated rings. The highest BCUT2D eigenvalue weighted by Crippen LogP contribution is 2.19. The molecule has 5 N–H and O–H groups in total. The van der Waals surface area contributed by atoms with E-state index in [1.165, 1.54) is 141 Å². The van der Waals surface area contributed by atoms with Crippen LogP contribution < -0.4 is 11.5 Å². The summed E-state index contributed by atoms with van der Waals surface area (Å²) in [4.78, 5) is 0. The van der Waals surface area contributed by atoms with Crippen molar-refractivity contribution in [1.82, 2.24) is 0 Å². The Morgan fingerprint density at radius 1 is 0.476 bits per heavy atom. The van der Waals surface area contributed by atoms with Crippen LogP contribution >= 0.6 is 0 Å². The second-order valence-corrected chi connectivity index (χ2v) is 13.2. The number of aliphatic hydroxyl groups is 1. The molecule has 0 aliphatic carbocycles. The average Bonchev–Trinajstić information content (AvgIpc) is 3.00. The Balaban J connectivity index is 3.51. The van der Waals surface area contributed by atoms with Crippen molar-refractivity contribution in [3.63, 3.8) is 0 Å². The summed E-state index contributed by atoms with van der Waals surface area (Å²) in [6.07, 6.45) is 35.7. The molecule has 0 aliphatic heterocycles. The van der Waals surface area contributed by atoms with Crippen molar-refractivity contribution in [1.29, 1.82) is 0 Å². The molecular weight excluding hydrogens is 520 g/mol.